The molecule has 1 N–H and O–H groups in total. The van der Waals surface area contributed by atoms with Crippen molar-refractivity contribution < 1.29 is 24.4 Å². The maximum atomic E-state index is 11.1. The van der Waals surface area contributed by atoms with Gasteiger partial charge in [0.15, 0.2) is 0 Å². The van der Waals surface area contributed by atoms with Crippen LogP contribution in [-0.2, 0) is 14.5 Å². The average Bonchev–Trinajstić information content (AvgIpc) is 2.74. The van der Waals surface area contributed by atoms with Gasteiger partial charge in [0.05, 0.1) is 12.2 Å². The van der Waals surface area contributed by atoms with Crippen LogP contribution in [0.25, 0.3) is 0 Å². The normalized spacial score (nSPS) is 45.7. The SMILES string of the molecule is O=C(O)c1ccc(C2CCC3(CC2)COC2(OO3)C3CC4CC(C3)CC2C4)cc1. The van der Waals surface area contributed by atoms with Crippen molar-refractivity contribution in [2.75, 3.05) is 6.61 Å². The fourth-order valence-electron chi connectivity index (χ4n) is 7.26. The lowest BCUT2D eigenvalue weighted by molar-refractivity contribution is -0.548. The first-order chi connectivity index (χ1) is 14.1. The third-order valence-electron chi connectivity index (χ3n) is 8.71. The first kappa shape index (κ1) is 18.3. The zero-order valence-electron chi connectivity index (χ0n) is 16.8. The molecule has 5 aliphatic carbocycles. The average molecular weight is 398 g/mol. The van der Waals surface area contributed by atoms with Crippen molar-refractivity contribution in [3.8, 4) is 0 Å². The van der Waals surface area contributed by atoms with Crippen molar-refractivity contribution >= 4 is 5.97 Å². The molecule has 5 nitrogen and oxygen atoms in total. The van der Waals surface area contributed by atoms with Gasteiger partial charge in [-0.3, -0.25) is 0 Å². The minimum Gasteiger partial charge on any atom is -0.478 e. The molecule has 0 unspecified atom stereocenters. The number of ether oxygens (including phenoxy) is 1. The number of carbonyl (C=O) groups is 1. The number of carboxylic acid groups (broad SMARTS) is 1. The van der Waals surface area contributed by atoms with E-state index in [2.05, 4.69) is 0 Å². The molecule has 1 aromatic carbocycles. The van der Waals surface area contributed by atoms with Crippen molar-refractivity contribution in [1.82, 2.24) is 0 Å². The van der Waals surface area contributed by atoms with Gasteiger partial charge in [-0.25, -0.2) is 9.68 Å². The van der Waals surface area contributed by atoms with E-state index in [-0.39, 0.29) is 5.60 Å². The summed E-state index contributed by atoms with van der Waals surface area (Å²) < 4.78 is 6.61. The van der Waals surface area contributed by atoms with E-state index in [9.17, 15) is 4.79 Å². The summed E-state index contributed by atoms with van der Waals surface area (Å²) in [6.45, 7) is 0.653. The largest absolute Gasteiger partial charge is 0.478 e. The van der Waals surface area contributed by atoms with Crippen LogP contribution >= 0.6 is 0 Å². The molecular formula is C24H30O5. The number of rotatable bonds is 2. The Hall–Kier alpha value is -1.43. The van der Waals surface area contributed by atoms with E-state index in [1.807, 2.05) is 12.1 Å². The molecule has 5 saturated carbocycles. The smallest absolute Gasteiger partial charge is 0.335 e. The first-order valence-electron chi connectivity index (χ1n) is 11.4. The second-order valence-electron chi connectivity index (χ2n) is 10.4. The minimum atomic E-state index is -0.872. The Morgan fingerprint density at radius 2 is 1.52 bits per heavy atom. The third kappa shape index (κ3) is 2.88. The maximum Gasteiger partial charge on any atom is 0.335 e. The van der Waals surface area contributed by atoms with Gasteiger partial charge in [-0.1, -0.05) is 12.1 Å². The fourth-order valence-corrected chi connectivity index (χ4v) is 7.26. The zero-order valence-corrected chi connectivity index (χ0v) is 16.8. The van der Waals surface area contributed by atoms with Gasteiger partial charge in [-0.05, 0) is 93.2 Å². The molecule has 1 heterocycles. The molecule has 0 amide bonds. The number of carboxylic acids is 1. The molecule has 29 heavy (non-hydrogen) atoms. The number of hydrogen-bond acceptors (Lipinski definition) is 4. The fraction of sp³-hybridized carbons (Fsp3) is 0.708. The Morgan fingerprint density at radius 3 is 2.03 bits per heavy atom. The Morgan fingerprint density at radius 1 is 0.897 bits per heavy atom. The Bertz CT molecular complexity index is 752. The summed E-state index contributed by atoms with van der Waals surface area (Å²) in [7, 11) is 0. The molecule has 2 spiro atoms. The Kier molecular flexibility index (Phi) is 4.13. The van der Waals surface area contributed by atoms with E-state index in [0.717, 1.165) is 37.5 Å². The highest BCUT2D eigenvalue weighted by atomic mass is 17.2. The highest BCUT2D eigenvalue weighted by Crippen LogP contribution is 2.61. The van der Waals surface area contributed by atoms with Crippen LogP contribution < -0.4 is 0 Å². The summed E-state index contributed by atoms with van der Waals surface area (Å²) in [5, 5.41) is 9.09. The van der Waals surface area contributed by atoms with Crippen molar-refractivity contribution in [3.05, 3.63) is 35.4 Å². The van der Waals surface area contributed by atoms with Crippen LogP contribution in [0.1, 0.15) is 79.6 Å². The highest BCUT2D eigenvalue weighted by Gasteiger charge is 2.63. The van der Waals surface area contributed by atoms with E-state index < -0.39 is 11.8 Å². The van der Waals surface area contributed by atoms with Crippen molar-refractivity contribution in [2.45, 2.75) is 75.1 Å². The molecule has 6 aliphatic rings. The summed E-state index contributed by atoms with van der Waals surface area (Å²) in [6, 6.07) is 7.35. The lowest BCUT2D eigenvalue weighted by Gasteiger charge is -2.61. The van der Waals surface area contributed by atoms with Gasteiger partial charge in [0.2, 0.25) is 5.79 Å². The van der Waals surface area contributed by atoms with Crippen LogP contribution in [-0.4, -0.2) is 29.1 Å². The van der Waals surface area contributed by atoms with Gasteiger partial charge < -0.3 is 9.84 Å². The van der Waals surface area contributed by atoms with Gasteiger partial charge >= 0.3 is 5.97 Å². The molecular weight excluding hydrogens is 368 g/mol. The lowest BCUT2D eigenvalue weighted by Crippen LogP contribution is -2.65. The molecule has 1 aromatic rings. The first-order valence-corrected chi connectivity index (χ1v) is 11.4. The van der Waals surface area contributed by atoms with E-state index in [1.54, 1.807) is 12.1 Å². The van der Waals surface area contributed by atoms with Gasteiger partial charge in [0.25, 0.3) is 0 Å². The molecule has 5 heteroatoms. The topological polar surface area (TPSA) is 65.0 Å². The predicted molar refractivity (Wildman–Crippen MR) is 105 cm³/mol. The number of aromatic carboxylic acids is 1. The van der Waals surface area contributed by atoms with Crippen molar-refractivity contribution in [1.29, 1.82) is 0 Å². The monoisotopic (exact) mass is 398 g/mol. The van der Waals surface area contributed by atoms with Crippen LogP contribution in [0.15, 0.2) is 24.3 Å². The molecule has 7 rings (SSSR count). The highest BCUT2D eigenvalue weighted by molar-refractivity contribution is 5.87. The standard InChI is InChI=1S/C24H30O5/c25-22(26)19-3-1-17(2-4-19)18-5-7-23(8-6-18)14-27-24(29-28-23)20-10-15-9-16(12-20)13-21(24)11-15/h1-4,15-16,18,20-21H,5-14H2,(H,25,26). The molecule has 1 aliphatic heterocycles. The summed E-state index contributed by atoms with van der Waals surface area (Å²) in [5.41, 5.74) is 1.26. The molecule has 0 aromatic heterocycles. The van der Waals surface area contributed by atoms with E-state index in [0.29, 0.717) is 29.9 Å². The van der Waals surface area contributed by atoms with Gasteiger partial charge in [0, 0.05) is 11.8 Å². The number of benzene rings is 1. The van der Waals surface area contributed by atoms with Crippen LogP contribution in [0.5, 0.6) is 0 Å². The molecule has 0 atom stereocenters. The van der Waals surface area contributed by atoms with Crippen LogP contribution in [0.2, 0.25) is 0 Å². The summed E-state index contributed by atoms with van der Waals surface area (Å²) in [4.78, 5) is 23.5. The molecule has 4 bridgehead atoms. The van der Waals surface area contributed by atoms with Crippen molar-refractivity contribution in [3.63, 3.8) is 0 Å². The van der Waals surface area contributed by atoms with Gasteiger partial charge in [-0.15, -0.1) is 0 Å². The van der Waals surface area contributed by atoms with Crippen LogP contribution in [0.3, 0.4) is 0 Å². The predicted octanol–water partition coefficient (Wildman–Crippen LogP) is 4.91. The van der Waals surface area contributed by atoms with E-state index >= 15 is 0 Å². The summed E-state index contributed by atoms with van der Waals surface area (Å²) in [6.07, 6.45) is 10.3. The second kappa shape index (κ2) is 6.53. The maximum absolute atomic E-state index is 11.1. The summed E-state index contributed by atoms with van der Waals surface area (Å²) in [5.74, 6) is 1.90. The Balaban J connectivity index is 1.10. The van der Waals surface area contributed by atoms with Gasteiger partial charge in [0.1, 0.15) is 5.60 Å². The third-order valence-corrected chi connectivity index (χ3v) is 8.71. The van der Waals surface area contributed by atoms with E-state index in [4.69, 9.17) is 19.6 Å². The Labute approximate surface area is 171 Å². The second-order valence-corrected chi connectivity index (χ2v) is 10.4. The number of hydrogen-bond donors (Lipinski definition) is 1. The molecule has 0 radical (unpaired) electrons. The minimum absolute atomic E-state index is 0.308. The quantitative estimate of drug-likeness (QED) is 0.717. The van der Waals surface area contributed by atoms with E-state index in [1.165, 1.54) is 37.7 Å². The van der Waals surface area contributed by atoms with Gasteiger partial charge in [-0.2, -0.15) is 4.89 Å². The lowest BCUT2D eigenvalue weighted by atomic mass is 9.53. The molecule has 1 saturated heterocycles. The van der Waals surface area contributed by atoms with Crippen molar-refractivity contribution in [2.24, 2.45) is 23.7 Å². The molecule has 156 valence electrons. The van der Waals surface area contributed by atoms with Crippen LogP contribution in [0.4, 0.5) is 0 Å². The molecule has 6 fully saturated rings. The summed E-state index contributed by atoms with van der Waals surface area (Å²) >= 11 is 0. The van der Waals surface area contributed by atoms with Crippen LogP contribution in [0, 0.1) is 23.7 Å². The zero-order chi connectivity index (χ0) is 19.6.